The summed E-state index contributed by atoms with van der Waals surface area (Å²) in [7, 11) is 0. The molecule has 0 rings (SSSR count). The topological polar surface area (TPSA) is 120 Å². The van der Waals surface area contributed by atoms with Gasteiger partial charge in [0.25, 0.3) is 0 Å². The van der Waals surface area contributed by atoms with E-state index in [0.29, 0.717) is 0 Å². The molecule has 0 amide bonds. The van der Waals surface area contributed by atoms with Crippen molar-refractivity contribution in [2.24, 2.45) is 0 Å². The van der Waals surface area contributed by atoms with Gasteiger partial charge in [-0.05, 0) is 5.83 Å². The molecule has 96 valence electrons. The van der Waals surface area contributed by atoms with E-state index in [1.807, 2.05) is 5.83 Å². The van der Waals surface area contributed by atoms with Gasteiger partial charge in [0.05, 0.1) is 4.24 Å². The molecule has 0 bridgehead atoms. The number of rotatable bonds is 0. The molecule has 0 aliphatic rings. The van der Waals surface area contributed by atoms with Crippen LogP contribution in [0.2, 0.25) is 0 Å². The van der Waals surface area contributed by atoms with Gasteiger partial charge in [0.1, 0.15) is 0 Å². The molecule has 0 aliphatic heterocycles. The Hall–Kier alpha value is 0.600. The summed E-state index contributed by atoms with van der Waals surface area (Å²) in [6, 6.07) is 0. The molecule has 0 saturated heterocycles. The third-order valence-corrected chi connectivity index (χ3v) is 0. The van der Waals surface area contributed by atoms with Crippen LogP contribution in [0.15, 0.2) is 0 Å². The van der Waals surface area contributed by atoms with Crippen LogP contribution in [0.4, 0.5) is 0 Å². The monoisotopic (exact) mass is 484 g/mol. The van der Waals surface area contributed by atoms with Crippen LogP contribution < -0.4 is 0 Å². The molecule has 6 nitrogen and oxygen atoms in total. The van der Waals surface area contributed by atoms with Crippen molar-refractivity contribution in [1.82, 2.24) is 0 Å². The number of hydrogen-bond acceptors (Lipinski definition) is 4. The van der Waals surface area contributed by atoms with Gasteiger partial charge in [-0.15, -0.1) is 17.0 Å². The third kappa shape index (κ3) is 6440. The number of alkyl halides is 3. The average molecular weight is 488 g/mol. The van der Waals surface area contributed by atoms with Crippen LogP contribution in [0.3, 0.4) is 0 Å². The van der Waals surface area contributed by atoms with Gasteiger partial charge in [-0.25, -0.2) is 0 Å². The summed E-state index contributed by atoms with van der Waals surface area (Å²) in [6.45, 7) is 4.50. The number of hydrogen-bond donors (Lipinski definition) is 0. The van der Waals surface area contributed by atoms with Gasteiger partial charge in [0.2, 0.25) is 0 Å². The number of halogens is 4. The van der Waals surface area contributed by atoms with Gasteiger partial charge in [0, 0.05) is 9.93 Å². The third-order valence-electron chi connectivity index (χ3n) is 0. The summed E-state index contributed by atoms with van der Waals surface area (Å²) in [5, 5.41) is 0. The van der Waals surface area contributed by atoms with Gasteiger partial charge in [-0.1, -0.05) is 55.2 Å². The van der Waals surface area contributed by atoms with E-state index in [2.05, 4.69) is 54.4 Å². The molecule has 0 unspecified atom stereocenters. The Labute approximate surface area is 124 Å². The molecular formula is C5H12Br4O6. The van der Waals surface area contributed by atoms with E-state index >= 15 is 0 Å². The number of carbonyl (C=O) groups excluding carboxylic acids is 2. The van der Waals surface area contributed by atoms with Gasteiger partial charge < -0.3 is 5.48 Å². The first-order valence-corrected chi connectivity index (χ1v) is 5.52. The Balaban J connectivity index is -0.00000000658. The SMILES string of the molecule is Br.BrCBr.C.CBr.O.O=C=O.O=O.[C-]#[O+]. The first-order chi connectivity index (χ1) is 5.83. The van der Waals surface area contributed by atoms with Crippen molar-refractivity contribution in [1.29, 1.82) is 0 Å². The molecule has 0 fully saturated rings. The maximum absolute atomic E-state index is 8.12. The predicted molar refractivity (Wildman–Crippen MR) is 73.9 cm³/mol. The van der Waals surface area contributed by atoms with E-state index in [4.69, 9.17) is 24.2 Å². The molecule has 10 heteroatoms. The van der Waals surface area contributed by atoms with Crippen LogP contribution in [0.25, 0.3) is 0 Å². The van der Waals surface area contributed by atoms with E-state index in [1.165, 1.54) is 0 Å². The summed E-state index contributed by atoms with van der Waals surface area (Å²) in [6.07, 6.45) is 0.250. The summed E-state index contributed by atoms with van der Waals surface area (Å²) >= 11 is 9.06. The van der Waals surface area contributed by atoms with Crippen molar-refractivity contribution in [3.05, 3.63) is 16.6 Å². The molecule has 0 atom stereocenters. The zero-order valence-corrected chi connectivity index (χ0v) is 13.3. The second kappa shape index (κ2) is 399. The van der Waals surface area contributed by atoms with Crippen molar-refractivity contribution in [3.63, 3.8) is 0 Å². The summed E-state index contributed by atoms with van der Waals surface area (Å²) in [4.78, 5) is 30.2. The van der Waals surface area contributed by atoms with Crippen LogP contribution in [-0.2, 0) is 14.2 Å². The Morgan fingerprint density at radius 2 is 1.13 bits per heavy atom. The van der Waals surface area contributed by atoms with E-state index < -0.39 is 0 Å². The molecule has 0 spiro atoms. The van der Waals surface area contributed by atoms with E-state index in [9.17, 15) is 0 Å². The van der Waals surface area contributed by atoms with Crippen molar-refractivity contribution < 1.29 is 19.7 Å². The van der Waals surface area contributed by atoms with Crippen LogP contribution in [-0.4, -0.2) is 21.7 Å². The average Bonchev–Trinajstić information content (AvgIpc) is 2.16. The molecular weight excluding hydrogens is 476 g/mol. The van der Waals surface area contributed by atoms with Crippen LogP contribution >= 0.6 is 64.8 Å². The summed E-state index contributed by atoms with van der Waals surface area (Å²) in [5.74, 6) is 1.81. The second-order valence-electron chi connectivity index (χ2n) is 0.184. The first kappa shape index (κ1) is 57.6. The Kier molecular flexibility index (Phi) is 1530. The molecule has 2 N–H and O–H groups in total. The summed E-state index contributed by atoms with van der Waals surface area (Å²) in [5.41, 5.74) is 0. The van der Waals surface area contributed by atoms with E-state index in [-0.39, 0.29) is 36.0 Å². The van der Waals surface area contributed by atoms with Gasteiger partial charge >= 0.3 is 17.5 Å². The fourth-order valence-corrected chi connectivity index (χ4v) is 0. The normalized spacial score (nSPS) is 2.53. The Bertz CT molecular complexity index is 84.8. The maximum atomic E-state index is 8.12. The van der Waals surface area contributed by atoms with E-state index in [0.717, 1.165) is 4.24 Å². The van der Waals surface area contributed by atoms with Crippen LogP contribution in [0.1, 0.15) is 7.43 Å². The summed E-state index contributed by atoms with van der Waals surface area (Å²) < 4.78 is 8.38. The molecule has 0 aromatic rings. The van der Waals surface area contributed by atoms with Crippen molar-refractivity contribution in [3.8, 4) is 0 Å². The van der Waals surface area contributed by atoms with Gasteiger partial charge in [-0.2, -0.15) is 9.59 Å². The predicted octanol–water partition coefficient (Wildman–Crippen LogP) is 2.58. The zero-order valence-electron chi connectivity index (χ0n) is 6.79. The van der Waals surface area contributed by atoms with Crippen molar-refractivity contribution >= 4 is 70.9 Å². The fourth-order valence-electron chi connectivity index (χ4n) is 0. The van der Waals surface area contributed by atoms with Gasteiger partial charge in [-0.3, -0.25) is 0 Å². The minimum atomic E-state index is 0. The molecule has 0 aliphatic carbocycles. The molecule has 0 saturated carbocycles. The fraction of sp³-hybridized carbons (Fsp3) is 0.600. The molecule has 0 radical (unpaired) electrons. The zero-order chi connectivity index (χ0) is 11.4. The molecule has 0 heterocycles. The second-order valence-corrected chi connectivity index (χ2v) is 2.81. The minimum absolute atomic E-state index is 0. The first-order valence-electron chi connectivity index (χ1n) is 1.69. The standard InChI is InChI=1S/CH2Br2.CH3Br.CO2.CO.CH4.BrH.O2.H2O/c2-1-3;1-2;2-1-3;1-2;;;1-2;/h1H2;1H3;;;1H4;1H;;1H2. The van der Waals surface area contributed by atoms with Crippen molar-refractivity contribution in [2.75, 3.05) is 10.1 Å². The van der Waals surface area contributed by atoms with Crippen molar-refractivity contribution in [2.45, 2.75) is 7.43 Å². The van der Waals surface area contributed by atoms with Crippen LogP contribution in [0.5, 0.6) is 0 Å². The molecule has 0 aromatic heterocycles. The van der Waals surface area contributed by atoms with Gasteiger partial charge in [0.15, 0.2) is 0 Å². The molecule has 0 aromatic carbocycles. The van der Waals surface area contributed by atoms with Crippen LogP contribution in [0, 0.1) is 16.6 Å². The van der Waals surface area contributed by atoms with E-state index in [1.54, 1.807) is 0 Å². The Morgan fingerprint density at radius 3 is 1.13 bits per heavy atom. The Morgan fingerprint density at radius 1 is 1.13 bits per heavy atom. The molecule has 15 heavy (non-hydrogen) atoms. The quantitative estimate of drug-likeness (QED) is 0.296.